The third-order valence-electron chi connectivity index (χ3n) is 15.0. The van der Waals surface area contributed by atoms with Gasteiger partial charge in [0.1, 0.15) is 24.2 Å². The Morgan fingerprint density at radius 2 is 1.58 bits per heavy atom. The summed E-state index contributed by atoms with van der Waals surface area (Å²) in [6.07, 6.45) is 4.11. The number of fused-ring (bicyclic) bond motifs is 2. The average Bonchev–Trinajstić information content (AvgIpc) is 4.37. The van der Waals surface area contributed by atoms with E-state index in [1.807, 2.05) is 73.7 Å². The van der Waals surface area contributed by atoms with E-state index in [-0.39, 0.29) is 80.3 Å². The highest BCUT2D eigenvalue weighted by atomic mass is 32.1. The van der Waals surface area contributed by atoms with Crippen LogP contribution in [0.1, 0.15) is 144 Å². The first-order valence-electron chi connectivity index (χ1n) is 27.7. The molecular formula is C60H66F2N7O12PS. The lowest BCUT2D eigenvalue weighted by atomic mass is 9.98. The summed E-state index contributed by atoms with van der Waals surface area (Å²) >= 11 is 0.924. The number of amides is 8. The van der Waals surface area contributed by atoms with Crippen LogP contribution in [0.15, 0.2) is 103 Å². The first kappa shape index (κ1) is 61.4. The number of benzene rings is 4. The van der Waals surface area contributed by atoms with Crippen molar-refractivity contribution in [1.29, 1.82) is 0 Å². The fourth-order valence-corrected chi connectivity index (χ4v) is 11.9. The highest BCUT2D eigenvalue weighted by Crippen LogP contribution is 2.59. The van der Waals surface area contributed by atoms with Gasteiger partial charge in [-0.05, 0) is 84.5 Å². The van der Waals surface area contributed by atoms with Crippen LogP contribution in [-0.2, 0) is 50.3 Å². The Hall–Kier alpha value is -7.67. The minimum absolute atomic E-state index is 0.0143. The number of carbonyl (C=O) groups excluding carboxylic acids is 8. The van der Waals surface area contributed by atoms with E-state index in [0.29, 0.717) is 41.5 Å². The molecule has 83 heavy (non-hydrogen) atoms. The molecular weight excluding hydrogens is 1110 g/mol. The third-order valence-corrected chi connectivity index (χ3v) is 17.1. The molecule has 8 amide bonds. The van der Waals surface area contributed by atoms with Crippen molar-refractivity contribution in [1.82, 2.24) is 31.1 Å². The summed E-state index contributed by atoms with van der Waals surface area (Å²) < 4.78 is 47.7. The zero-order chi connectivity index (χ0) is 59.4. The summed E-state index contributed by atoms with van der Waals surface area (Å²) in [6.45, 7) is 2.32. The summed E-state index contributed by atoms with van der Waals surface area (Å²) in [5.41, 5.74) is 3.58. The number of carbonyl (C=O) groups is 8. The summed E-state index contributed by atoms with van der Waals surface area (Å²) in [6, 6.07) is 22.9. The van der Waals surface area contributed by atoms with Gasteiger partial charge >= 0.3 is 13.3 Å². The van der Waals surface area contributed by atoms with Gasteiger partial charge < -0.3 is 46.0 Å². The number of primary amides is 1. The van der Waals surface area contributed by atoms with Gasteiger partial charge in [0, 0.05) is 66.8 Å². The molecule has 5 atom stereocenters. The quantitative estimate of drug-likeness (QED) is 0.0137. The Morgan fingerprint density at radius 3 is 2.25 bits per heavy atom. The minimum Gasteiger partial charge on any atom is -0.376 e. The summed E-state index contributed by atoms with van der Waals surface area (Å²) in [5, 5.41) is 11.1. The number of alkyl halides is 2. The van der Waals surface area contributed by atoms with Gasteiger partial charge in [0.2, 0.25) is 35.4 Å². The van der Waals surface area contributed by atoms with E-state index in [4.69, 9.17) is 10.5 Å². The van der Waals surface area contributed by atoms with Crippen molar-refractivity contribution < 1.29 is 66.2 Å². The van der Waals surface area contributed by atoms with Crippen molar-refractivity contribution in [2.45, 2.75) is 139 Å². The number of hydrogen-bond donors (Lipinski definition) is 7. The summed E-state index contributed by atoms with van der Waals surface area (Å²) in [5.74, 6) is 1.92. The molecule has 1 unspecified atom stereocenters. The number of rotatable bonds is 25. The number of nitrogens with zero attached hydrogens (tertiary/aromatic N) is 2. The smallest absolute Gasteiger partial charge is 0.376 e. The number of nitrogens with two attached hydrogens (primary N) is 1. The van der Waals surface area contributed by atoms with Crippen LogP contribution in [0.5, 0.6) is 0 Å². The molecule has 1 aromatic heterocycles. The summed E-state index contributed by atoms with van der Waals surface area (Å²) in [7, 11) is -5.88. The molecule has 4 heterocycles. The van der Waals surface area contributed by atoms with E-state index in [0.717, 1.165) is 59.4 Å². The van der Waals surface area contributed by atoms with Crippen molar-refractivity contribution in [2.75, 3.05) is 13.2 Å². The lowest BCUT2D eigenvalue weighted by Gasteiger charge is -2.30. The molecule has 0 spiro atoms. The molecule has 438 valence electrons. The Bertz CT molecular complexity index is 3310. The predicted octanol–water partition coefficient (Wildman–Crippen LogP) is 6.82. The number of nitrogens with one attached hydrogen (secondary N) is 4. The van der Waals surface area contributed by atoms with Crippen molar-refractivity contribution >= 4 is 76.3 Å². The van der Waals surface area contributed by atoms with Crippen molar-refractivity contribution in [3.63, 3.8) is 0 Å². The van der Waals surface area contributed by atoms with Crippen molar-refractivity contribution in [3.8, 4) is 11.8 Å². The number of piperidine rings is 1. The second-order valence-electron chi connectivity index (χ2n) is 20.9. The van der Waals surface area contributed by atoms with Gasteiger partial charge in [-0.25, -0.2) is 0 Å². The number of hydrogen-bond acceptors (Lipinski definition) is 11. The molecule has 8 rings (SSSR count). The highest BCUT2D eigenvalue weighted by Gasteiger charge is 2.50. The Balaban J connectivity index is 0.941. The molecule has 0 aliphatic carbocycles. The fraction of sp³-hybridized carbons (Fsp3) is 0.400. The zero-order valence-corrected chi connectivity index (χ0v) is 47.4. The Morgan fingerprint density at radius 1 is 0.867 bits per heavy atom. The van der Waals surface area contributed by atoms with Crippen LogP contribution in [0.3, 0.4) is 0 Å². The van der Waals surface area contributed by atoms with E-state index in [2.05, 4.69) is 33.1 Å². The molecule has 3 aliphatic rings. The molecule has 3 aliphatic heterocycles. The third kappa shape index (κ3) is 15.1. The van der Waals surface area contributed by atoms with Crippen LogP contribution in [0.2, 0.25) is 0 Å². The van der Waals surface area contributed by atoms with Gasteiger partial charge in [-0.3, -0.25) is 48.2 Å². The van der Waals surface area contributed by atoms with Gasteiger partial charge in [0.15, 0.2) is 0 Å². The SMILES string of the molecule is CCCC[C@H](NC(=O)c1cc2cc(C(F)(F)P(=O)(O)O)ccc2s1)C(=O)N1C[C@@H](OCCCCCCC#Cc2cccc3c2CN(C2CCC(=O)NC2=O)C3=O)C[C@H]1C(=O)N[C@@H](CCC(N)=O)C(=O)NC(c1ccccc1)c1ccccc1. The molecule has 4 aromatic carbocycles. The second kappa shape index (κ2) is 27.6. The molecule has 2 fully saturated rings. The van der Waals surface area contributed by atoms with E-state index in [9.17, 15) is 61.5 Å². The highest BCUT2D eigenvalue weighted by molar-refractivity contribution is 7.52. The van der Waals surface area contributed by atoms with Crippen molar-refractivity contribution in [3.05, 3.63) is 141 Å². The molecule has 8 N–H and O–H groups in total. The zero-order valence-electron chi connectivity index (χ0n) is 45.7. The number of thiophene rings is 1. The molecule has 23 heteroatoms. The van der Waals surface area contributed by atoms with Gasteiger partial charge in [-0.1, -0.05) is 117 Å². The first-order valence-corrected chi connectivity index (χ1v) is 30.1. The van der Waals surface area contributed by atoms with Gasteiger partial charge in [-0.2, -0.15) is 8.78 Å². The predicted molar refractivity (Wildman–Crippen MR) is 304 cm³/mol. The van der Waals surface area contributed by atoms with Crippen LogP contribution in [0.25, 0.3) is 10.1 Å². The molecule has 0 saturated carbocycles. The fourth-order valence-electron chi connectivity index (χ4n) is 10.5. The summed E-state index contributed by atoms with van der Waals surface area (Å²) in [4.78, 5) is 129. The maximum atomic E-state index is 14.9. The number of likely N-dealkylation sites (tertiary alicyclic amines) is 1. The van der Waals surface area contributed by atoms with Crippen LogP contribution in [0, 0.1) is 11.8 Å². The van der Waals surface area contributed by atoms with Gasteiger partial charge in [-0.15, -0.1) is 11.3 Å². The van der Waals surface area contributed by atoms with Crippen LogP contribution in [-0.4, -0.2) is 110 Å². The topological polar surface area (TPSA) is 284 Å². The monoisotopic (exact) mass is 1180 g/mol. The molecule has 0 bridgehead atoms. The Kier molecular flexibility index (Phi) is 20.4. The first-order chi connectivity index (χ1) is 39.7. The maximum Gasteiger partial charge on any atom is 0.399 e. The Labute approximate surface area is 482 Å². The normalized spacial score (nSPS) is 17.8. The lowest BCUT2D eigenvalue weighted by Crippen LogP contribution is -2.56. The average molecular weight is 1180 g/mol. The lowest BCUT2D eigenvalue weighted by molar-refractivity contribution is -0.141. The van der Waals surface area contributed by atoms with Crippen LogP contribution < -0.4 is 27.0 Å². The van der Waals surface area contributed by atoms with E-state index < -0.39 is 90.6 Å². The van der Waals surface area contributed by atoms with E-state index >= 15 is 0 Å². The van der Waals surface area contributed by atoms with E-state index in [1.165, 1.54) is 21.9 Å². The van der Waals surface area contributed by atoms with Crippen LogP contribution >= 0.6 is 18.9 Å². The second-order valence-corrected chi connectivity index (χ2v) is 23.6. The minimum atomic E-state index is -5.88. The number of imide groups is 1. The standard InChI is InChI=1S/C60H66F2N7O12PS/c1-2-3-24-46(65-57(75)50-33-40-32-41(25-28-49(40)83-50)60(61,62)82(78,79)80)59(77)68-35-42(34-48(68)56(74)64-45(26-29-51(63)70)54(72)67-53(38-18-11-8-12-19-38)39-20-13-9-14-21-39)81-31-15-7-5-4-6-10-17-37-22-16-23-43-44(37)36-69(58(43)76)47-27-30-52(71)66-55(47)73/h8-9,11-14,16,18-23,25,28,32-33,42,45-48,53H,2-7,15,24,26-27,29-31,34-36H2,1H3,(H2,63,70)(H,64,74)(H,65,75)(H,67,72)(H,66,71,73)(H2,78,79,80)/t42-,45-,46-,47?,48-/m0/s1. The largest absolute Gasteiger partial charge is 0.399 e. The number of halogens is 2. The molecule has 0 radical (unpaired) electrons. The van der Waals surface area contributed by atoms with Crippen molar-refractivity contribution in [2.24, 2.45) is 5.73 Å². The number of ether oxygens (including phenoxy) is 1. The number of unbranched alkanes of at least 4 members (excludes halogenated alkanes) is 5. The molecule has 5 aromatic rings. The van der Waals surface area contributed by atoms with Gasteiger partial charge in [0.05, 0.1) is 17.0 Å². The molecule has 2 saturated heterocycles. The van der Waals surface area contributed by atoms with E-state index in [1.54, 1.807) is 12.1 Å². The van der Waals surface area contributed by atoms with Crippen LogP contribution in [0.4, 0.5) is 8.78 Å². The maximum absolute atomic E-state index is 14.9. The molecule has 19 nitrogen and oxygen atoms in total. The van der Waals surface area contributed by atoms with Gasteiger partial charge in [0.25, 0.3) is 11.8 Å².